The zero-order valence-electron chi connectivity index (χ0n) is 11.4. The molecule has 100 valence electrons. The molecule has 0 aliphatic heterocycles. The van der Waals surface area contributed by atoms with Crippen molar-refractivity contribution in [2.24, 2.45) is 11.8 Å². The lowest BCUT2D eigenvalue weighted by Crippen LogP contribution is -2.28. The fourth-order valence-electron chi connectivity index (χ4n) is 2.20. The van der Waals surface area contributed by atoms with Gasteiger partial charge in [0.2, 0.25) is 5.91 Å². The third-order valence-electron chi connectivity index (χ3n) is 3.53. The normalized spacial score (nSPS) is 20.4. The van der Waals surface area contributed by atoms with Crippen molar-refractivity contribution in [1.82, 2.24) is 4.90 Å². The molecule has 1 fully saturated rings. The molecule has 1 saturated carbocycles. The molecule has 2 unspecified atom stereocenters. The first-order valence-electron chi connectivity index (χ1n) is 6.56. The number of hydrogen-bond donors (Lipinski definition) is 1. The van der Waals surface area contributed by atoms with E-state index in [2.05, 4.69) is 18.8 Å². The lowest BCUT2D eigenvalue weighted by molar-refractivity contribution is -0.132. The smallest absolute Gasteiger partial charge is 0.226 e. The Hall–Kier alpha value is -1.79. The number of aliphatic hydroxyl groups excluding tert-OH is 1. The highest BCUT2D eigenvalue weighted by Crippen LogP contribution is 2.39. The van der Waals surface area contributed by atoms with Crippen LogP contribution in [0.5, 0.6) is 0 Å². The Kier molecular flexibility index (Phi) is 4.24. The van der Waals surface area contributed by atoms with E-state index in [-0.39, 0.29) is 18.4 Å². The summed E-state index contributed by atoms with van der Waals surface area (Å²) in [7, 11) is 1.84. The van der Waals surface area contributed by atoms with Gasteiger partial charge in [-0.25, -0.2) is 0 Å². The number of aliphatic hydroxyl groups is 1. The topological polar surface area (TPSA) is 40.5 Å². The van der Waals surface area contributed by atoms with E-state index in [9.17, 15) is 4.79 Å². The fourth-order valence-corrected chi connectivity index (χ4v) is 2.20. The highest BCUT2D eigenvalue weighted by Gasteiger charge is 2.40. The van der Waals surface area contributed by atoms with Gasteiger partial charge in [0.25, 0.3) is 0 Å². The Morgan fingerprint density at radius 2 is 2.16 bits per heavy atom. The highest BCUT2D eigenvalue weighted by atomic mass is 16.2. The second kappa shape index (κ2) is 5.90. The molecule has 0 saturated heterocycles. The maximum Gasteiger partial charge on any atom is 0.226 e. The maximum absolute atomic E-state index is 12.1. The van der Waals surface area contributed by atoms with E-state index >= 15 is 0 Å². The van der Waals surface area contributed by atoms with E-state index in [0.717, 1.165) is 17.5 Å². The summed E-state index contributed by atoms with van der Waals surface area (Å²) in [4.78, 5) is 13.9. The quantitative estimate of drug-likeness (QED) is 0.836. The van der Waals surface area contributed by atoms with E-state index in [1.165, 1.54) is 0 Å². The first-order valence-corrected chi connectivity index (χ1v) is 6.56. The molecule has 0 spiro atoms. The summed E-state index contributed by atoms with van der Waals surface area (Å²) in [6.45, 7) is 2.53. The summed E-state index contributed by atoms with van der Waals surface area (Å²) in [5, 5.41) is 8.76. The molecule has 2 rings (SSSR count). The molecule has 1 amide bonds. The fraction of sp³-hybridized carbons (Fsp3) is 0.438. The van der Waals surface area contributed by atoms with Crippen molar-refractivity contribution >= 4 is 5.91 Å². The molecule has 2 atom stereocenters. The average Bonchev–Trinajstić information content (AvgIpc) is 3.14. The average molecular weight is 257 g/mol. The van der Waals surface area contributed by atoms with Crippen molar-refractivity contribution in [3.05, 3.63) is 35.4 Å². The Balaban J connectivity index is 2.08. The lowest BCUT2D eigenvalue weighted by Gasteiger charge is -2.18. The first kappa shape index (κ1) is 13.6. The Labute approximate surface area is 114 Å². The molecule has 19 heavy (non-hydrogen) atoms. The van der Waals surface area contributed by atoms with E-state index in [1.807, 2.05) is 31.3 Å². The van der Waals surface area contributed by atoms with Gasteiger partial charge in [-0.05, 0) is 24.0 Å². The van der Waals surface area contributed by atoms with Gasteiger partial charge in [-0.3, -0.25) is 4.79 Å². The van der Waals surface area contributed by atoms with Crippen LogP contribution in [0, 0.1) is 23.7 Å². The Morgan fingerprint density at radius 3 is 2.79 bits per heavy atom. The van der Waals surface area contributed by atoms with Gasteiger partial charge in [0.1, 0.15) is 6.61 Å². The van der Waals surface area contributed by atoms with Crippen LogP contribution in [-0.4, -0.2) is 29.6 Å². The minimum Gasteiger partial charge on any atom is -0.384 e. The van der Waals surface area contributed by atoms with Crippen LogP contribution < -0.4 is 0 Å². The largest absolute Gasteiger partial charge is 0.384 e. The molecular formula is C16H19NO2. The second-order valence-electron chi connectivity index (χ2n) is 5.13. The van der Waals surface area contributed by atoms with Crippen LogP contribution in [0.2, 0.25) is 0 Å². The van der Waals surface area contributed by atoms with E-state index in [1.54, 1.807) is 4.90 Å². The SMILES string of the molecule is CC1CC1C(=O)N(C)Cc1ccccc1C#CCO. The Bertz CT molecular complexity index is 527. The molecule has 0 aromatic heterocycles. The standard InChI is InChI=1S/C16H19NO2/c1-12-10-15(12)16(19)17(2)11-14-7-4-3-6-13(14)8-5-9-18/h3-4,6-7,12,15,18H,9-11H2,1-2H3. The number of hydrogen-bond acceptors (Lipinski definition) is 2. The van der Waals surface area contributed by atoms with Gasteiger partial charge in [0.05, 0.1) is 0 Å². The summed E-state index contributed by atoms with van der Waals surface area (Å²) in [6, 6.07) is 7.74. The summed E-state index contributed by atoms with van der Waals surface area (Å²) < 4.78 is 0. The van der Waals surface area contributed by atoms with Gasteiger partial charge >= 0.3 is 0 Å². The number of benzene rings is 1. The van der Waals surface area contributed by atoms with Crippen molar-refractivity contribution in [3.63, 3.8) is 0 Å². The number of carbonyl (C=O) groups excluding carboxylic acids is 1. The summed E-state index contributed by atoms with van der Waals surface area (Å²) >= 11 is 0. The minimum atomic E-state index is -0.150. The predicted octanol–water partition coefficient (Wildman–Crippen LogP) is 1.64. The first-order chi connectivity index (χ1) is 9.13. The highest BCUT2D eigenvalue weighted by molar-refractivity contribution is 5.81. The number of rotatable bonds is 3. The van der Waals surface area contributed by atoms with Gasteiger partial charge in [-0.1, -0.05) is 37.0 Å². The predicted molar refractivity (Wildman–Crippen MR) is 74.2 cm³/mol. The number of nitrogens with zero attached hydrogens (tertiary/aromatic N) is 1. The molecular weight excluding hydrogens is 238 g/mol. The van der Waals surface area contributed by atoms with Crippen LogP contribution in [0.25, 0.3) is 0 Å². The van der Waals surface area contributed by atoms with Gasteiger partial charge in [0.15, 0.2) is 0 Å². The molecule has 1 aromatic carbocycles. The molecule has 0 heterocycles. The van der Waals surface area contributed by atoms with Crippen molar-refractivity contribution in [2.75, 3.05) is 13.7 Å². The molecule has 1 aromatic rings. The molecule has 0 bridgehead atoms. The molecule has 0 radical (unpaired) electrons. The van der Waals surface area contributed by atoms with Crippen molar-refractivity contribution in [2.45, 2.75) is 19.9 Å². The molecule has 1 aliphatic rings. The van der Waals surface area contributed by atoms with Crippen LogP contribution in [-0.2, 0) is 11.3 Å². The Morgan fingerprint density at radius 1 is 1.47 bits per heavy atom. The van der Waals surface area contributed by atoms with Crippen LogP contribution in [0.1, 0.15) is 24.5 Å². The zero-order valence-corrected chi connectivity index (χ0v) is 11.4. The van der Waals surface area contributed by atoms with E-state index in [0.29, 0.717) is 12.5 Å². The van der Waals surface area contributed by atoms with Crippen molar-refractivity contribution in [3.8, 4) is 11.8 Å². The van der Waals surface area contributed by atoms with Gasteiger partial charge < -0.3 is 10.0 Å². The minimum absolute atomic E-state index is 0.150. The van der Waals surface area contributed by atoms with Gasteiger partial charge in [-0.15, -0.1) is 0 Å². The number of carbonyl (C=O) groups is 1. The summed E-state index contributed by atoms with van der Waals surface area (Å²) in [5.74, 6) is 6.53. The molecule has 3 nitrogen and oxygen atoms in total. The molecule has 1 N–H and O–H groups in total. The third-order valence-corrected chi connectivity index (χ3v) is 3.53. The molecule has 1 aliphatic carbocycles. The van der Waals surface area contributed by atoms with Crippen molar-refractivity contribution < 1.29 is 9.90 Å². The monoisotopic (exact) mass is 257 g/mol. The van der Waals surface area contributed by atoms with Gasteiger partial charge in [-0.2, -0.15) is 0 Å². The van der Waals surface area contributed by atoms with Crippen molar-refractivity contribution in [1.29, 1.82) is 0 Å². The van der Waals surface area contributed by atoms with E-state index in [4.69, 9.17) is 5.11 Å². The zero-order chi connectivity index (χ0) is 13.8. The lowest BCUT2D eigenvalue weighted by atomic mass is 10.1. The number of amides is 1. The van der Waals surface area contributed by atoms with Gasteiger partial charge in [0, 0.05) is 25.1 Å². The second-order valence-corrected chi connectivity index (χ2v) is 5.13. The summed E-state index contributed by atoms with van der Waals surface area (Å²) in [6.07, 6.45) is 1.01. The maximum atomic E-state index is 12.1. The van der Waals surface area contributed by atoms with Crippen LogP contribution >= 0.6 is 0 Å². The molecule has 3 heteroatoms. The van der Waals surface area contributed by atoms with Crippen LogP contribution in [0.15, 0.2) is 24.3 Å². The van der Waals surface area contributed by atoms with E-state index < -0.39 is 0 Å². The summed E-state index contributed by atoms with van der Waals surface area (Å²) in [5.41, 5.74) is 1.90. The van der Waals surface area contributed by atoms with Crippen LogP contribution in [0.3, 0.4) is 0 Å². The third kappa shape index (κ3) is 3.36. The van der Waals surface area contributed by atoms with Crippen LogP contribution in [0.4, 0.5) is 0 Å².